The Balaban J connectivity index is 1.79. The molecule has 1 aliphatic rings. The molecule has 1 atom stereocenters. The van der Waals surface area contributed by atoms with Gasteiger partial charge in [0, 0.05) is 22.9 Å². The van der Waals surface area contributed by atoms with Gasteiger partial charge in [0.05, 0.1) is 25.1 Å². The molecule has 1 aromatic heterocycles. The van der Waals surface area contributed by atoms with Crippen LogP contribution in [-0.4, -0.2) is 28.9 Å². The van der Waals surface area contributed by atoms with Crippen molar-refractivity contribution in [1.82, 2.24) is 9.78 Å². The molecule has 7 heteroatoms. The molecule has 1 aliphatic heterocycles. The average molecular weight is 426 g/mol. The fourth-order valence-corrected chi connectivity index (χ4v) is 3.98. The molecule has 0 fully saturated rings. The van der Waals surface area contributed by atoms with E-state index in [1.54, 1.807) is 4.68 Å². The first-order valence-electron chi connectivity index (χ1n) is 10.1. The minimum absolute atomic E-state index is 0.0548. The van der Waals surface area contributed by atoms with E-state index in [-0.39, 0.29) is 11.8 Å². The zero-order valence-electron chi connectivity index (χ0n) is 17.2. The highest BCUT2D eigenvalue weighted by atomic mass is 35.5. The number of anilines is 1. The molecule has 2 aromatic carbocycles. The van der Waals surface area contributed by atoms with Crippen LogP contribution in [0.5, 0.6) is 11.5 Å². The predicted molar refractivity (Wildman–Crippen MR) is 117 cm³/mol. The summed E-state index contributed by atoms with van der Waals surface area (Å²) in [7, 11) is 0. The number of carbonyl (C=O) groups excluding carboxylic acids is 1. The lowest BCUT2D eigenvalue weighted by atomic mass is 9.87. The molecule has 0 spiro atoms. The summed E-state index contributed by atoms with van der Waals surface area (Å²) >= 11 is 6.30. The lowest BCUT2D eigenvalue weighted by Gasteiger charge is -2.25. The smallest absolute Gasteiger partial charge is 0.226 e. The van der Waals surface area contributed by atoms with Gasteiger partial charge in [0.2, 0.25) is 5.91 Å². The molecule has 2 heterocycles. The lowest BCUT2D eigenvalue weighted by Crippen LogP contribution is -2.24. The number of hydrogen-bond donors (Lipinski definition) is 1. The summed E-state index contributed by atoms with van der Waals surface area (Å²) in [4.78, 5) is 12.6. The van der Waals surface area contributed by atoms with Crippen LogP contribution in [0.25, 0.3) is 5.69 Å². The highest BCUT2D eigenvalue weighted by Crippen LogP contribution is 2.41. The fourth-order valence-electron chi connectivity index (χ4n) is 3.81. The number of halogens is 1. The quantitative estimate of drug-likeness (QED) is 0.596. The van der Waals surface area contributed by atoms with Crippen molar-refractivity contribution in [3.05, 3.63) is 64.3 Å². The van der Waals surface area contributed by atoms with Crippen molar-refractivity contribution in [2.24, 2.45) is 0 Å². The highest BCUT2D eigenvalue weighted by molar-refractivity contribution is 6.31. The number of ether oxygens (including phenoxy) is 2. The summed E-state index contributed by atoms with van der Waals surface area (Å²) < 4.78 is 13.2. The van der Waals surface area contributed by atoms with Crippen molar-refractivity contribution in [2.75, 3.05) is 18.5 Å². The summed E-state index contributed by atoms with van der Waals surface area (Å²) in [5.41, 5.74) is 3.69. The van der Waals surface area contributed by atoms with E-state index in [9.17, 15) is 4.79 Å². The number of nitrogens with one attached hydrogen (secondary N) is 1. The molecule has 156 valence electrons. The Kier molecular flexibility index (Phi) is 5.68. The summed E-state index contributed by atoms with van der Waals surface area (Å²) in [6, 6.07) is 11.5. The molecule has 1 N–H and O–H groups in total. The standard InChI is InChI=1S/C23H24ClN3O3/c1-4-29-20-10-9-15(11-21(20)30-5-2)16-12-22(28)26-23-17(16)13-25-27(23)19-8-6-7-18(24)14(19)3/h6-11,13,16H,4-5,12H2,1-3H3,(H,26,28)/t16-/m1/s1. The van der Waals surface area contributed by atoms with Gasteiger partial charge in [0.25, 0.3) is 0 Å². The van der Waals surface area contributed by atoms with E-state index in [1.807, 2.05) is 63.4 Å². The van der Waals surface area contributed by atoms with Crippen LogP contribution in [0.1, 0.15) is 42.9 Å². The van der Waals surface area contributed by atoms with Crippen molar-refractivity contribution in [3.63, 3.8) is 0 Å². The Morgan fingerprint density at radius 2 is 1.93 bits per heavy atom. The molecule has 3 aromatic rings. The third-order valence-electron chi connectivity index (χ3n) is 5.26. The van der Waals surface area contributed by atoms with Gasteiger partial charge < -0.3 is 14.8 Å². The van der Waals surface area contributed by atoms with Crippen molar-refractivity contribution in [2.45, 2.75) is 33.1 Å². The molecule has 30 heavy (non-hydrogen) atoms. The van der Waals surface area contributed by atoms with E-state index in [4.69, 9.17) is 21.1 Å². The van der Waals surface area contributed by atoms with Crippen LogP contribution in [0.3, 0.4) is 0 Å². The molecular weight excluding hydrogens is 402 g/mol. The van der Waals surface area contributed by atoms with E-state index in [0.29, 0.717) is 42.0 Å². The number of amides is 1. The van der Waals surface area contributed by atoms with Crippen LogP contribution < -0.4 is 14.8 Å². The SMILES string of the molecule is CCOc1ccc([C@H]2CC(=O)Nc3c2cnn3-c2cccc(Cl)c2C)cc1OCC. The van der Waals surface area contributed by atoms with Crippen LogP contribution in [0.15, 0.2) is 42.6 Å². The summed E-state index contributed by atoms with van der Waals surface area (Å²) in [6.45, 7) is 6.90. The van der Waals surface area contributed by atoms with Crippen molar-refractivity contribution < 1.29 is 14.3 Å². The second-order valence-corrected chi connectivity index (χ2v) is 7.53. The Hall–Kier alpha value is -2.99. The average Bonchev–Trinajstić information content (AvgIpc) is 3.14. The number of hydrogen-bond acceptors (Lipinski definition) is 4. The lowest BCUT2D eigenvalue weighted by molar-refractivity contribution is -0.116. The van der Waals surface area contributed by atoms with E-state index in [1.165, 1.54) is 0 Å². The van der Waals surface area contributed by atoms with Gasteiger partial charge in [-0.1, -0.05) is 23.7 Å². The number of aromatic nitrogens is 2. The molecular formula is C23H24ClN3O3. The third-order valence-corrected chi connectivity index (χ3v) is 5.67. The number of fused-ring (bicyclic) bond motifs is 1. The molecule has 0 unspecified atom stereocenters. The molecule has 1 amide bonds. The summed E-state index contributed by atoms with van der Waals surface area (Å²) in [5.74, 6) is 1.88. The van der Waals surface area contributed by atoms with Gasteiger partial charge in [-0.25, -0.2) is 4.68 Å². The van der Waals surface area contributed by atoms with E-state index >= 15 is 0 Å². The predicted octanol–water partition coefficient (Wildman–Crippen LogP) is 5.11. The van der Waals surface area contributed by atoms with Crippen LogP contribution in [0.2, 0.25) is 5.02 Å². The maximum absolute atomic E-state index is 12.6. The van der Waals surface area contributed by atoms with Gasteiger partial charge in [-0.3, -0.25) is 4.79 Å². The second kappa shape index (κ2) is 8.40. The Bertz CT molecular complexity index is 1090. The van der Waals surface area contributed by atoms with Gasteiger partial charge in [0.15, 0.2) is 11.5 Å². The van der Waals surface area contributed by atoms with Crippen LogP contribution in [0.4, 0.5) is 5.82 Å². The molecule has 4 rings (SSSR count). The number of rotatable bonds is 6. The first-order chi connectivity index (χ1) is 14.5. The first-order valence-corrected chi connectivity index (χ1v) is 10.4. The molecule has 0 saturated carbocycles. The maximum Gasteiger partial charge on any atom is 0.226 e. The topological polar surface area (TPSA) is 65.4 Å². The maximum atomic E-state index is 12.6. The number of nitrogens with zero attached hydrogens (tertiary/aromatic N) is 2. The fraction of sp³-hybridized carbons (Fsp3) is 0.304. The number of benzene rings is 2. The van der Waals surface area contributed by atoms with Gasteiger partial charge in [0.1, 0.15) is 5.82 Å². The minimum Gasteiger partial charge on any atom is -0.490 e. The Labute approximate surface area is 180 Å². The molecule has 0 radical (unpaired) electrons. The first kappa shape index (κ1) is 20.3. The van der Waals surface area contributed by atoms with E-state index in [2.05, 4.69) is 10.4 Å². The zero-order chi connectivity index (χ0) is 21.3. The Morgan fingerprint density at radius 1 is 1.17 bits per heavy atom. The van der Waals surface area contributed by atoms with Crippen LogP contribution in [-0.2, 0) is 4.79 Å². The van der Waals surface area contributed by atoms with Gasteiger partial charge in [-0.15, -0.1) is 0 Å². The van der Waals surface area contributed by atoms with Crippen LogP contribution >= 0.6 is 11.6 Å². The molecule has 0 bridgehead atoms. The Morgan fingerprint density at radius 3 is 2.70 bits per heavy atom. The largest absolute Gasteiger partial charge is 0.490 e. The van der Waals surface area contributed by atoms with Crippen LogP contribution in [0, 0.1) is 6.92 Å². The highest BCUT2D eigenvalue weighted by Gasteiger charge is 2.31. The normalized spacial score (nSPS) is 15.5. The van der Waals surface area contributed by atoms with E-state index in [0.717, 1.165) is 22.4 Å². The summed E-state index contributed by atoms with van der Waals surface area (Å²) in [5, 5.41) is 8.22. The van der Waals surface area contributed by atoms with E-state index < -0.39 is 0 Å². The minimum atomic E-state index is -0.128. The van der Waals surface area contributed by atoms with Gasteiger partial charge in [-0.2, -0.15) is 5.10 Å². The third kappa shape index (κ3) is 3.63. The van der Waals surface area contributed by atoms with Gasteiger partial charge in [-0.05, 0) is 56.2 Å². The molecule has 0 aliphatic carbocycles. The van der Waals surface area contributed by atoms with Crippen molar-refractivity contribution in [1.29, 1.82) is 0 Å². The van der Waals surface area contributed by atoms with Crippen molar-refractivity contribution >= 4 is 23.3 Å². The second-order valence-electron chi connectivity index (χ2n) is 7.12. The molecule has 6 nitrogen and oxygen atoms in total. The van der Waals surface area contributed by atoms with Gasteiger partial charge >= 0.3 is 0 Å². The zero-order valence-corrected chi connectivity index (χ0v) is 18.0. The summed E-state index contributed by atoms with van der Waals surface area (Å²) in [6.07, 6.45) is 2.16. The number of carbonyl (C=O) groups is 1. The monoisotopic (exact) mass is 425 g/mol. The molecule has 0 saturated heterocycles. The van der Waals surface area contributed by atoms with Crippen molar-refractivity contribution in [3.8, 4) is 17.2 Å².